The van der Waals surface area contributed by atoms with Crippen LogP contribution in [0.3, 0.4) is 0 Å². The van der Waals surface area contributed by atoms with Crippen LogP contribution >= 0.6 is 22.7 Å². The van der Waals surface area contributed by atoms with Gasteiger partial charge in [0.2, 0.25) is 0 Å². The number of hydrogen-bond donors (Lipinski definition) is 0. The van der Waals surface area contributed by atoms with Crippen LogP contribution in [0.4, 0.5) is 0 Å². The molecule has 0 radical (unpaired) electrons. The van der Waals surface area contributed by atoms with Gasteiger partial charge in [-0.25, -0.2) is 0 Å². The molecule has 0 amide bonds. The quantitative estimate of drug-likeness (QED) is 0.0925. The summed E-state index contributed by atoms with van der Waals surface area (Å²) >= 11 is 0.0206. The fourth-order valence-electron chi connectivity index (χ4n) is 7.10. The second-order valence-corrected chi connectivity index (χ2v) is 49.9. The van der Waals surface area contributed by atoms with E-state index in [2.05, 4.69) is 102 Å². The summed E-state index contributed by atoms with van der Waals surface area (Å²) in [4.78, 5) is 3.47. The van der Waals surface area contributed by atoms with Gasteiger partial charge in [-0.3, -0.25) is 0 Å². The van der Waals surface area contributed by atoms with Crippen LogP contribution in [-0.4, -0.2) is 44.8 Å². The molecule has 0 atom stereocenters. The Morgan fingerprint density at radius 3 is 0.976 bits per heavy atom. The Hall–Kier alpha value is 1.21. The summed E-state index contributed by atoms with van der Waals surface area (Å²) in [6.07, 6.45) is 17.1. The van der Waals surface area contributed by atoms with Gasteiger partial charge in [0.25, 0.3) is 0 Å². The second-order valence-electron chi connectivity index (χ2n) is 14.2. The summed E-state index contributed by atoms with van der Waals surface area (Å²) in [7, 11) is -1.36. The van der Waals surface area contributed by atoms with Crippen molar-refractivity contribution < 1.29 is 0 Å². The fourth-order valence-corrected chi connectivity index (χ4v) is 52.5. The van der Waals surface area contributed by atoms with Crippen molar-refractivity contribution in [2.45, 2.75) is 170 Å². The molecular formula is C36H68S2SiSn2. The molecular weight excluding hydrogens is 762 g/mol. The minimum absolute atomic E-state index is 1.36. The first kappa shape index (κ1) is 38.4. The molecule has 2 aromatic rings. The van der Waals surface area contributed by atoms with E-state index in [1.807, 2.05) is 5.79 Å². The van der Waals surface area contributed by atoms with Crippen molar-refractivity contribution in [2.24, 2.45) is 0 Å². The Morgan fingerprint density at radius 1 is 0.463 bits per heavy atom. The van der Waals surface area contributed by atoms with Crippen molar-refractivity contribution in [1.29, 1.82) is 0 Å². The Kier molecular flexibility index (Phi) is 19.1. The Labute approximate surface area is 275 Å². The monoisotopic (exact) mass is 832 g/mol. The maximum absolute atomic E-state index is 2.69. The number of thiophene rings is 2. The third-order valence-electron chi connectivity index (χ3n) is 9.73. The Bertz CT molecular complexity index is 829. The summed E-state index contributed by atoms with van der Waals surface area (Å²) in [5.74, 6) is 0. The van der Waals surface area contributed by atoms with Gasteiger partial charge in [0, 0.05) is 0 Å². The average molecular weight is 831 g/mol. The van der Waals surface area contributed by atoms with Crippen LogP contribution in [-0.2, 0) is 12.1 Å². The molecule has 2 aromatic heterocycles. The summed E-state index contributed by atoms with van der Waals surface area (Å²) in [6, 6.07) is 13.3. The molecule has 0 saturated carbocycles. The molecule has 0 nitrogen and oxygen atoms in total. The van der Waals surface area contributed by atoms with Crippen LogP contribution in [0.5, 0.6) is 0 Å². The van der Waals surface area contributed by atoms with Crippen molar-refractivity contribution >= 4 is 73.3 Å². The zero-order valence-electron chi connectivity index (χ0n) is 28.8. The molecule has 2 rings (SSSR count). The van der Waals surface area contributed by atoms with Gasteiger partial charge >= 0.3 is 278 Å². The van der Waals surface area contributed by atoms with E-state index in [0.717, 1.165) is 0 Å². The summed E-state index contributed by atoms with van der Waals surface area (Å²) in [5, 5.41) is 0. The van der Waals surface area contributed by atoms with E-state index in [-0.39, 0.29) is 0 Å². The number of hydrogen-bond acceptors (Lipinski definition) is 2. The van der Waals surface area contributed by atoms with E-state index in [0.29, 0.717) is 0 Å². The zero-order chi connectivity index (χ0) is 30.2. The second kappa shape index (κ2) is 20.4. The molecule has 0 unspecified atom stereocenters. The van der Waals surface area contributed by atoms with Gasteiger partial charge in [0.05, 0.1) is 0 Å². The minimum atomic E-state index is -2.30. The zero-order valence-corrected chi connectivity index (χ0v) is 37.1. The van der Waals surface area contributed by atoms with Crippen LogP contribution in [0, 0.1) is 0 Å². The SMILES string of the molecule is CCC[CH2][Sn]([CH2]CCC)([CH2]CCC)[c]1ccc(C[Si](C)(C)Cc2cc[c]([Sn]([CH2]CCC)([CH2]CCC)[CH2]CCC)s2)s1. The Morgan fingerprint density at radius 2 is 0.732 bits per heavy atom. The third-order valence-corrected chi connectivity index (χ3v) is 51.6. The van der Waals surface area contributed by atoms with E-state index in [4.69, 9.17) is 0 Å². The van der Waals surface area contributed by atoms with Gasteiger partial charge in [0.15, 0.2) is 0 Å². The van der Waals surface area contributed by atoms with Gasteiger partial charge in [-0.15, -0.1) is 0 Å². The summed E-state index contributed by atoms with van der Waals surface area (Å²) < 4.78 is 13.5. The maximum atomic E-state index is 2.69. The molecule has 0 bridgehead atoms. The topological polar surface area (TPSA) is 0 Å². The normalized spacial score (nSPS) is 12.9. The molecule has 0 spiro atoms. The van der Waals surface area contributed by atoms with Gasteiger partial charge < -0.3 is 0 Å². The van der Waals surface area contributed by atoms with Crippen molar-refractivity contribution in [3.05, 3.63) is 34.0 Å². The molecule has 2 heterocycles. The molecule has 236 valence electrons. The van der Waals surface area contributed by atoms with Gasteiger partial charge in [-0.1, -0.05) is 0 Å². The van der Waals surface area contributed by atoms with E-state index in [1.54, 1.807) is 36.4 Å². The third kappa shape index (κ3) is 12.5. The molecule has 41 heavy (non-hydrogen) atoms. The molecule has 0 saturated heterocycles. The average Bonchev–Trinajstić information content (AvgIpc) is 3.62. The van der Waals surface area contributed by atoms with E-state index in [1.165, 1.54) is 89.1 Å². The first-order chi connectivity index (χ1) is 19.7. The predicted molar refractivity (Wildman–Crippen MR) is 203 cm³/mol. The van der Waals surface area contributed by atoms with Crippen LogP contribution in [0.2, 0.25) is 39.7 Å². The van der Waals surface area contributed by atoms with Crippen LogP contribution in [0.25, 0.3) is 0 Å². The molecule has 0 aliphatic carbocycles. The van der Waals surface area contributed by atoms with Crippen molar-refractivity contribution in [1.82, 2.24) is 0 Å². The predicted octanol–water partition coefficient (Wildman–Crippen LogP) is 12.5. The van der Waals surface area contributed by atoms with E-state index < -0.39 is 44.8 Å². The van der Waals surface area contributed by atoms with Gasteiger partial charge in [0.1, 0.15) is 0 Å². The van der Waals surface area contributed by atoms with Gasteiger partial charge in [-0.05, 0) is 0 Å². The molecule has 0 N–H and O–H groups in total. The summed E-state index contributed by atoms with van der Waals surface area (Å²) in [6.45, 7) is 19.8. The van der Waals surface area contributed by atoms with E-state index >= 15 is 0 Å². The van der Waals surface area contributed by atoms with Crippen LogP contribution in [0.15, 0.2) is 24.3 Å². The summed E-state index contributed by atoms with van der Waals surface area (Å²) in [5.41, 5.74) is 0. The molecule has 0 aliphatic heterocycles. The van der Waals surface area contributed by atoms with E-state index in [9.17, 15) is 0 Å². The van der Waals surface area contributed by atoms with Crippen molar-refractivity contribution in [2.75, 3.05) is 0 Å². The first-order valence-corrected chi connectivity index (χ1v) is 37.9. The molecule has 0 aliphatic rings. The van der Waals surface area contributed by atoms with Crippen molar-refractivity contribution in [3.63, 3.8) is 0 Å². The first-order valence-electron chi connectivity index (χ1n) is 17.9. The van der Waals surface area contributed by atoms with Crippen molar-refractivity contribution in [3.8, 4) is 0 Å². The van der Waals surface area contributed by atoms with Crippen LogP contribution < -0.4 is 5.79 Å². The number of rotatable bonds is 24. The standard InChI is InChI=1S/C12H14S2Si.6C4H9.2Sn/c1-15(2,9-11-5-3-7-13-11)10-12-6-4-8-14-12;6*1-3-4-2;;/h3-6H,9-10H2,1-2H3;6*1,3-4H2,2H3;;. The van der Waals surface area contributed by atoms with Crippen LogP contribution in [0.1, 0.15) is 128 Å². The number of unbranched alkanes of at least 4 members (excludes halogenated alkanes) is 6. The molecule has 0 aromatic carbocycles. The molecule has 0 fully saturated rings. The Balaban J connectivity index is 2.24. The molecule has 5 heteroatoms. The fraction of sp³-hybridized carbons (Fsp3) is 0.778. The van der Waals surface area contributed by atoms with Gasteiger partial charge in [-0.2, -0.15) is 0 Å².